The molecule has 0 bridgehead atoms. The minimum Gasteiger partial charge on any atom is -0.508 e. The van der Waals surface area contributed by atoms with Crippen molar-refractivity contribution < 1.29 is 5.11 Å². The molecule has 0 atom stereocenters. The number of rotatable bonds is 6. The van der Waals surface area contributed by atoms with E-state index in [0.717, 1.165) is 11.8 Å². The molecule has 1 N–H and O–H groups in total. The molecular formula is C42H50O. The van der Waals surface area contributed by atoms with Crippen LogP contribution in [0.2, 0.25) is 0 Å². The Bertz CT molecular complexity index is 1280. The Morgan fingerprint density at radius 2 is 0.721 bits per heavy atom. The fourth-order valence-electron chi connectivity index (χ4n) is 8.93. The van der Waals surface area contributed by atoms with Gasteiger partial charge in [-0.3, -0.25) is 0 Å². The molecule has 0 unspecified atom stereocenters. The molecule has 0 heterocycles. The van der Waals surface area contributed by atoms with E-state index < -0.39 is 0 Å². The van der Waals surface area contributed by atoms with Gasteiger partial charge in [-0.2, -0.15) is 0 Å². The van der Waals surface area contributed by atoms with Gasteiger partial charge in [0.15, 0.2) is 0 Å². The lowest BCUT2D eigenvalue weighted by Crippen LogP contribution is -2.43. The van der Waals surface area contributed by atoms with Crippen LogP contribution in [-0.2, 0) is 10.8 Å². The average molecular weight is 571 g/mol. The lowest BCUT2D eigenvalue weighted by molar-refractivity contribution is 0.0365. The molecule has 2 aliphatic rings. The highest BCUT2D eigenvalue weighted by Gasteiger charge is 2.48. The zero-order valence-corrected chi connectivity index (χ0v) is 27.0. The zero-order valence-electron chi connectivity index (χ0n) is 27.0. The molecule has 224 valence electrons. The normalized spacial score (nSPS) is 22.8. The molecule has 0 amide bonds. The van der Waals surface area contributed by atoms with E-state index in [4.69, 9.17) is 0 Å². The second kappa shape index (κ2) is 11.6. The first-order chi connectivity index (χ1) is 20.6. The fraction of sp³-hybridized carbons (Fsp3) is 0.429. The molecule has 4 aromatic carbocycles. The summed E-state index contributed by atoms with van der Waals surface area (Å²) in [7, 11) is 0. The largest absolute Gasteiger partial charge is 0.508 e. The summed E-state index contributed by atoms with van der Waals surface area (Å²) in [4.78, 5) is 0. The number of hydrogen-bond donors (Lipinski definition) is 1. The van der Waals surface area contributed by atoms with Gasteiger partial charge in [0.05, 0.1) is 0 Å². The van der Waals surface area contributed by atoms with Crippen LogP contribution in [0.15, 0.2) is 97.1 Å². The van der Waals surface area contributed by atoms with Crippen molar-refractivity contribution in [2.45, 2.75) is 96.8 Å². The number of hydrogen-bond acceptors (Lipinski definition) is 1. The first kappa shape index (κ1) is 29.7. The molecule has 2 fully saturated rings. The van der Waals surface area contributed by atoms with E-state index in [1.54, 1.807) is 0 Å². The molecule has 2 aliphatic carbocycles. The van der Waals surface area contributed by atoms with Crippen molar-refractivity contribution in [2.24, 2.45) is 17.3 Å². The van der Waals surface area contributed by atoms with E-state index in [1.807, 2.05) is 12.1 Å². The first-order valence-electron chi connectivity index (χ1n) is 16.6. The predicted molar refractivity (Wildman–Crippen MR) is 181 cm³/mol. The number of benzene rings is 4. The highest BCUT2D eigenvalue weighted by molar-refractivity contribution is 5.44. The van der Waals surface area contributed by atoms with Gasteiger partial charge in [0, 0.05) is 10.8 Å². The second-order valence-electron chi connectivity index (χ2n) is 14.7. The smallest absolute Gasteiger partial charge is 0.115 e. The summed E-state index contributed by atoms with van der Waals surface area (Å²) in [6.07, 6.45) is 9.84. The van der Waals surface area contributed by atoms with E-state index in [1.165, 1.54) is 90.3 Å². The third-order valence-corrected chi connectivity index (χ3v) is 12.0. The van der Waals surface area contributed by atoms with Gasteiger partial charge in [0.2, 0.25) is 0 Å². The van der Waals surface area contributed by atoms with Crippen molar-refractivity contribution in [3.63, 3.8) is 0 Å². The molecule has 0 aromatic heterocycles. The van der Waals surface area contributed by atoms with Gasteiger partial charge in [-0.05, 0) is 124 Å². The maximum absolute atomic E-state index is 10.0. The molecule has 1 nitrogen and oxygen atoms in total. The molecule has 0 aliphatic heterocycles. The van der Waals surface area contributed by atoms with Gasteiger partial charge in [0.25, 0.3) is 0 Å². The highest BCUT2D eigenvalue weighted by Crippen LogP contribution is 2.57. The lowest BCUT2D eigenvalue weighted by Gasteiger charge is -2.51. The maximum Gasteiger partial charge on any atom is 0.115 e. The molecule has 6 rings (SSSR count). The molecule has 1 heteroatoms. The summed E-state index contributed by atoms with van der Waals surface area (Å²) in [5.41, 5.74) is 10.2. The highest BCUT2D eigenvalue weighted by atomic mass is 16.3. The third kappa shape index (κ3) is 5.57. The molecule has 4 aromatic rings. The Morgan fingerprint density at radius 1 is 0.465 bits per heavy atom. The SMILES string of the molecule is Cc1ccc(C2(c3ccc(C)cc3)CCC(C(C)(C)C3CCC(c4ccc(C)cc4)(c4ccc(O)cc4)CC3)CC2)cc1. The minimum atomic E-state index is 0.0204. The first-order valence-corrected chi connectivity index (χ1v) is 16.6. The van der Waals surface area contributed by atoms with Crippen molar-refractivity contribution in [2.75, 3.05) is 0 Å². The molecule has 0 radical (unpaired) electrons. The van der Waals surface area contributed by atoms with Crippen LogP contribution in [0.1, 0.15) is 104 Å². The number of aromatic hydroxyl groups is 1. The van der Waals surface area contributed by atoms with Gasteiger partial charge in [-0.15, -0.1) is 0 Å². The number of phenolic OH excluding ortho intramolecular Hbond substituents is 1. The topological polar surface area (TPSA) is 20.2 Å². The van der Waals surface area contributed by atoms with Crippen LogP contribution in [0.3, 0.4) is 0 Å². The summed E-state index contributed by atoms with van der Waals surface area (Å²) in [6, 6.07) is 36.1. The molecule has 43 heavy (non-hydrogen) atoms. The number of aryl methyl sites for hydroxylation is 3. The van der Waals surface area contributed by atoms with Crippen molar-refractivity contribution in [1.29, 1.82) is 0 Å². The van der Waals surface area contributed by atoms with E-state index in [9.17, 15) is 5.11 Å². The van der Waals surface area contributed by atoms with Gasteiger partial charge in [-0.1, -0.05) is 115 Å². The Morgan fingerprint density at radius 3 is 1.00 bits per heavy atom. The van der Waals surface area contributed by atoms with Gasteiger partial charge in [-0.25, -0.2) is 0 Å². The summed E-state index contributed by atoms with van der Waals surface area (Å²) in [5.74, 6) is 1.81. The van der Waals surface area contributed by atoms with Gasteiger partial charge < -0.3 is 5.11 Å². The molecule has 0 spiro atoms. The zero-order chi connectivity index (χ0) is 30.2. The quantitative estimate of drug-likeness (QED) is 0.244. The monoisotopic (exact) mass is 570 g/mol. The van der Waals surface area contributed by atoms with E-state index in [0.29, 0.717) is 11.2 Å². The predicted octanol–water partition coefficient (Wildman–Crippen LogP) is 11.0. The van der Waals surface area contributed by atoms with Crippen LogP contribution < -0.4 is 0 Å². The second-order valence-corrected chi connectivity index (χ2v) is 14.7. The standard InChI is InChI=1S/C42H50O/c1-30-6-12-35(13-7-30)41(36-14-8-31(2)9-15-36)26-22-33(23-27-41)40(4,5)34-24-28-42(29-25-34,37-16-10-32(3)11-17-37)38-18-20-39(43)21-19-38/h6-21,33-34,43H,22-29H2,1-5H3. The molecule has 2 saturated carbocycles. The van der Waals surface area contributed by atoms with Crippen molar-refractivity contribution in [1.82, 2.24) is 0 Å². The van der Waals surface area contributed by atoms with Crippen LogP contribution in [0, 0.1) is 38.0 Å². The Labute approximate surface area is 260 Å². The van der Waals surface area contributed by atoms with E-state index >= 15 is 0 Å². The summed E-state index contributed by atoms with van der Waals surface area (Å²) in [5, 5.41) is 10.0. The Balaban J connectivity index is 1.23. The van der Waals surface area contributed by atoms with Crippen LogP contribution >= 0.6 is 0 Å². The lowest BCUT2D eigenvalue weighted by atomic mass is 9.53. The average Bonchev–Trinajstić information content (AvgIpc) is 3.02. The van der Waals surface area contributed by atoms with Crippen LogP contribution in [0.25, 0.3) is 0 Å². The molecular weight excluding hydrogens is 520 g/mol. The fourth-order valence-corrected chi connectivity index (χ4v) is 8.93. The van der Waals surface area contributed by atoms with E-state index in [2.05, 4.69) is 120 Å². The van der Waals surface area contributed by atoms with Crippen LogP contribution in [0.4, 0.5) is 0 Å². The third-order valence-electron chi connectivity index (χ3n) is 12.0. The minimum absolute atomic E-state index is 0.0204. The van der Waals surface area contributed by atoms with Crippen LogP contribution in [-0.4, -0.2) is 5.11 Å². The summed E-state index contributed by atoms with van der Waals surface area (Å²) < 4.78 is 0. The Kier molecular flexibility index (Phi) is 8.05. The maximum atomic E-state index is 10.0. The van der Waals surface area contributed by atoms with E-state index in [-0.39, 0.29) is 10.8 Å². The summed E-state index contributed by atoms with van der Waals surface area (Å²) in [6.45, 7) is 11.7. The van der Waals surface area contributed by atoms with Gasteiger partial charge >= 0.3 is 0 Å². The summed E-state index contributed by atoms with van der Waals surface area (Å²) >= 11 is 0. The number of phenols is 1. The van der Waals surface area contributed by atoms with Gasteiger partial charge in [0.1, 0.15) is 5.75 Å². The Hall–Kier alpha value is -3.32. The van der Waals surface area contributed by atoms with Crippen molar-refractivity contribution in [3.8, 4) is 5.75 Å². The molecule has 0 saturated heterocycles. The van der Waals surface area contributed by atoms with Crippen molar-refractivity contribution >= 4 is 0 Å². The van der Waals surface area contributed by atoms with Crippen LogP contribution in [0.5, 0.6) is 5.75 Å². The van der Waals surface area contributed by atoms with Crippen molar-refractivity contribution in [3.05, 3.63) is 136 Å².